The largest absolute Gasteiger partial charge is 0.400 e. The third kappa shape index (κ3) is 13.5. The molecule has 0 aliphatic heterocycles. The highest BCUT2D eigenvalue weighted by atomic mass is 32.2. The topological polar surface area (TPSA) is 122 Å². The average Bonchev–Trinajstić information content (AvgIpc) is 3.72. The fourth-order valence-corrected chi connectivity index (χ4v) is 5.38. The van der Waals surface area contributed by atoms with E-state index in [2.05, 4.69) is 32.3 Å². The van der Waals surface area contributed by atoms with Crippen molar-refractivity contribution in [1.29, 1.82) is 0 Å². The molecule has 1 saturated carbocycles. The van der Waals surface area contributed by atoms with Crippen molar-refractivity contribution in [2.45, 2.75) is 70.3 Å². The Balaban J connectivity index is 0.00000226. The normalized spacial score (nSPS) is 15.1. The Labute approximate surface area is 271 Å². The number of hydrogen-bond acceptors (Lipinski definition) is 9. The summed E-state index contributed by atoms with van der Waals surface area (Å²) in [6, 6.07) is 7.69. The van der Waals surface area contributed by atoms with Crippen LogP contribution in [0, 0.1) is 6.92 Å². The van der Waals surface area contributed by atoms with E-state index in [1.54, 1.807) is 50.7 Å². The summed E-state index contributed by atoms with van der Waals surface area (Å²) in [6.07, 6.45) is 0.377. The number of carbonyl (C=O) groups is 2. The molecule has 45 heavy (non-hydrogen) atoms. The van der Waals surface area contributed by atoms with E-state index in [-0.39, 0.29) is 36.1 Å². The number of nitrogens with one attached hydrogen (secondary N) is 3. The molecule has 1 aromatic heterocycles. The molecule has 14 heteroatoms. The number of aromatic nitrogens is 1. The lowest BCUT2D eigenvalue weighted by atomic mass is 9.88. The van der Waals surface area contributed by atoms with Gasteiger partial charge in [-0.15, -0.1) is 11.3 Å². The molecular weight excluding hydrogens is 629 g/mol. The summed E-state index contributed by atoms with van der Waals surface area (Å²) >= 11 is 1.51. The minimum atomic E-state index is -4.41. The number of ether oxygens (including phenoxy) is 1. The Morgan fingerprint density at radius 1 is 1.18 bits per heavy atom. The molecule has 4 N–H and O–H groups in total. The van der Waals surface area contributed by atoms with Crippen molar-refractivity contribution in [2.24, 2.45) is 0 Å². The van der Waals surface area contributed by atoms with Crippen LogP contribution in [0.1, 0.15) is 65.8 Å². The van der Waals surface area contributed by atoms with Gasteiger partial charge in [0.1, 0.15) is 16.2 Å². The van der Waals surface area contributed by atoms with Gasteiger partial charge in [-0.3, -0.25) is 9.59 Å². The quantitative estimate of drug-likeness (QED) is 0.103. The zero-order valence-electron chi connectivity index (χ0n) is 26.3. The van der Waals surface area contributed by atoms with Gasteiger partial charge in [-0.1, -0.05) is 50.3 Å². The number of allylic oxidation sites excluding steroid dienone is 1. The zero-order valence-corrected chi connectivity index (χ0v) is 27.9. The van der Waals surface area contributed by atoms with Crippen molar-refractivity contribution in [3.8, 4) is 0 Å². The number of methoxy groups -OCH3 is 1. The van der Waals surface area contributed by atoms with Gasteiger partial charge in [0.25, 0.3) is 5.91 Å². The van der Waals surface area contributed by atoms with E-state index < -0.39 is 36.1 Å². The molecule has 2 amide bonds. The molecule has 1 aliphatic carbocycles. The number of alkyl halides is 3. The van der Waals surface area contributed by atoms with Crippen LogP contribution < -0.4 is 16.0 Å². The SMILES string of the molecule is C=C(C(NC(=O)CNC(=C1CC1)C(CCC)NC(=O)c1cnc(C)s1)c1ccccc1)C(C)(O)COSCC(F)(F)F.COC. The lowest BCUT2D eigenvalue weighted by Gasteiger charge is -2.32. The summed E-state index contributed by atoms with van der Waals surface area (Å²) in [4.78, 5) is 30.8. The second-order valence-electron chi connectivity index (χ2n) is 10.7. The van der Waals surface area contributed by atoms with Crippen LogP contribution in [-0.2, 0) is 13.7 Å². The predicted molar refractivity (Wildman–Crippen MR) is 172 cm³/mol. The van der Waals surface area contributed by atoms with E-state index in [0.717, 1.165) is 35.5 Å². The number of halogens is 3. The van der Waals surface area contributed by atoms with Gasteiger partial charge in [-0.2, -0.15) is 13.2 Å². The van der Waals surface area contributed by atoms with Gasteiger partial charge in [0, 0.05) is 32.0 Å². The Bertz CT molecular complexity index is 1280. The number of benzene rings is 1. The number of rotatable bonds is 16. The number of aliphatic hydroxyl groups is 1. The van der Waals surface area contributed by atoms with Gasteiger partial charge < -0.3 is 30.0 Å². The Morgan fingerprint density at radius 2 is 1.82 bits per heavy atom. The average molecular weight is 673 g/mol. The highest BCUT2D eigenvalue weighted by molar-refractivity contribution is 7.94. The van der Waals surface area contributed by atoms with Crippen LogP contribution in [0.2, 0.25) is 0 Å². The minimum absolute atomic E-state index is 0.106. The van der Waals surface area contributed by atoms with Gasteiger partial charge in [0.05, 0.1) is 36.4 Å². The summed E-state index contributed by atoms with van der Waals surface area (Å²) in [5.41, 5.74) is 1.01. The lowest BCUT2D eigenvalue weighted by Crippen LogP contribution is -2.45. The zero-order chi connectivity index (χ0) is 33.6. The molecule has 1 aromatic carbocycles. The molecule has 0 saturated heterocycles. The monoisotopic (exact) mass is 672 g/mol. The molecule has 1 heterocycles. The third-order valence-electron chi connectivity index (χ3n) is 6.52. The minimum Gasteiger partial charge on any atom is -0.388 e. The van der Waals surface area contributed by atoms with E-state index >= 15 is 0 Å². The maximum Gasteiger partial charge on any atom is 0.400 e. The van der Waals surface area contributed by atoms with Crippen LogP contribution in [0.25, 0.3) is 0 Å². The standard InChI is InChI=1S/C29H37F3N4O4S2.C2H6O/c1-5-9-22(35-27(38)23-14-33-19(3)42-23)26(21-12-13-21)34-15-24(37)36-25(20-10-7-6-8-11-20)18(2)28(4,39)16-40-41-17-29(30,31)32;1-3-2/h6-8,10-11,14,22,25,34,39H,2,5,9,12-13,15-17H2,1,3-4H3,(H,35,38)(H,36,37);1-2H3. The number of carbonyl (C=O) groups excluding carboxylic acids is 2. The Morgan fingerprint density at radius 3 is 2.36 bits per heavy atom. The van der Waals surface area contributed by atoms with Crippen molar-refractivity contribution in [3.05, 3.63) is 75.4 Å². The van der Waals surface area contributed by atoms with Crippen LogP contribution in [0.15, 0.2) is 60.0 Å². The summed E-state index contributed by atoms with van der Waals surface area (Å²) in [7, 11) is 3.25. The third-order valence-corrected chi connectivity index (χ3v) is 8.16. The van der Waals surface area contributed by atoms with Crippen molar-refractivity contribution in [2.75, 3.05) is 33.1 Å². The van der Waals surface area contributed by atoms with Gasteiger partial charge in [0.2, 0.25) is 5.91 Å². The first-order valence-corrected chi connectivity index (χ1v) is 16.1. The van der Waals surface area contributed by atoms with E-state index in [1.807, 2.05) is 13.8 Å². The summed E-state index contributed by atoms with van der Waals surface area (Å²) in [6.45, 7) is 8.64. The van der Waals surface area contributed by atoms with Crippen molar-refractivity contribution < 1.29 is 36.8 Å². The molecule has 0 spiro atoms. The van der Waals surface area contributed by atoms with E-state index in [9.17, 15) is 27.9 Å². The second-order valence-corrected chi connectivity index (χ2v) is 12.7. The highest BCUT2D eigenvalue weighted by Gasteiger charge is 2.34. The molecule has 1 aliphatic rings. The molecule has 3 atom stereocenters. The van der Waals surface area contributed by atoms with Gasteiger partial charge >= 0.3 is 6.18 Å². The molecule has 0 radical (unpaired) electrons. The smallest absolute Gasteiger partial charge is 0.388 e. The Hall–Kier alpha value is -2.91. The number of hydrogen-bond donors (Lipinski definition) is 4. The molecule has 1 fully saturated rings. The van der Waals surface area contributed by atoms with E-state index in [1.165, 1.54) is 18.3 Å². The van der Waals surface area contributed by atoms with Crippen LogP contribution in [0.3, 0.4) is 0 Å². The Kier molecular flexibility index (Phi) is 15.6. The maximum absolute atomic E-state index is 13.2. The lowest BCUT2D eigenvalue weighted by molar-refractivity contribution is -0.120. The molecule has 0 bridgehead atoms. The molecule has 9 nitrogen and oxygen atoms in total. The van der Waals surface area contributed by atoms with Gasteiger partial charge in [-0.25, -0.2) is 4.98 Å². The van der Waals surface area contributed by atoms with Crippen molar-refractivity contribution in [3.63, 3.8) is 0 Å². The number of amides is 2. The second kappa shape index (κ2) is 18.3. The number of nitrogens with zero attached hydrogens (tertiary/aromatic N) is 1. The summed E-state index contributed by atoms with van der Waals surface area (Å²) in [5, 5.41) is 21.0. The molecule has 3 rings (SSSR count). The number of thiazole rings is 1. The van der Waals surface area contributed by atoms with Gasteiger partial charge in [0.15, 0.2) is 0 Å². The van der Waals surface area contributed by atoms with Gasteiger partial charge in [-0.05, 0) is 49.8 Å². The fraction of sp³-hybridized carbons (Fsp3) is 0.516. The van der Waals surface area contributed by atoms with Crippen molar-refractivity contribution in [1.82, 2.24) is 20.9 Å². The van der Waals surface area contributed by atoms with Crippen LogP contribution >= 0.6 is 23.4 Å². The molecular formula is C31H43F3N4O5S2. The molecule has 3 unspecified atom stereocenters. The first-order chi connectivity index (χ1) is 21.2. The fourth-order valence-electron chi connectivity index (χ4n) is 4.17. The predicted octanol–water partition coefficient (Wildman–Crippen LogP) is 5.64. The van der Waals surface area contributed by atoms with Crippen LogP contribution in [0.4, 0.5) is 13.2 Å². The number of aryl methyl sites for hydroxylation is 1. The van der Waals surface area contributed by atoms with Crippen molar-refractivity contribution >= 4 is 35.2 Å². The summed E-state index contributed by atoms with van der Waals surface area (Å²) in [5.74, 6) is -1.84. The van der Waals surface area contributed by atoms with Crippen LogP contribution in [-0.4, -0.2) is 72.8 Å². The first-order valence-electron chi connectivity index (χ1n) is 14.4. The molecule has 2 aromatic rings. The highest BCUT2D eigenvalue weighted by Crippen LogP contribution is 2.33. The van der Waals surface area contributed by atoms with E-state index in [0.29, 0.717) is 16.9 Å². The van der Waals surface area contributed by atoms with Crippen LogP contribution in [0.5, 0.6) is 0 Å². The van der Waals surface area contributed by atoms with E-state index in [4.69, 9.17) is 4.18 Å². The molecule has 250 valence electrons. The maximum atomic E-state index is 13.2. The summed E-state index contributed by atoms with van der Waals surface area (Å²) < 4.78 is 46.7. The first kappa shape index (κ1) is 38.3.